The molecule has 1 fully saturated rings. The first-order chi connectivity index (χ1) is 9.40. The number of hydrogen-bond acceptors (Lipinski definition) is 3. The maximum atomic E-state index is 12.4. The number of halogens is 3. The van der Waals surface area contributed by atoms with Crippen LogP contribution in [-0.2, 0) is 11.3 Å². The van der Waals surface area contributed by atoms with Crippen molar-refractivity contribution in [2.24, 2.45) is 0 Å². The van der Waals surface area contributed by atoms with Gasteiger partial charge in [-0.05, 0) is 12.6 Å². The highest BCUT2D eigenvalue weighted by atomic mass is 19.4. The van der Waals surface area contributed by atoms with E-state index in [1.807, 2.05) is 0 Å². The third kappa shape index (κ3) is 3.74. The fraction of sp³-hybridized carbons (Fsp3) is 0.692. The van der Waals surface area contributed by atoms with Gasteiger partial charge in [-0.25, -0.2) is 0 Å². The Balaban J connectivity index is 1.96. The van der Waals surface area contributed by atoms with Gasteiger partial charge >= 0.3 is 6.18 Å². The van der Waals surface area contributed by atoms with Crippen molar-refractivity contribution in [2.75, 3.05) is 26.2 Å². The molecule has 2 rings (SSSR count). The molecule has 2 heterocycles. The first-order valence-electron chi connectivity index (χ1n) is 6.64. The van der Waals surface area contributed by atoms with E-state index in [0.717, 1.165) is 19.6 Å². The summed E-state index contributed by atoms with van der Waals surface area (Å²) in [6.07, 6.45) is -4.23. The van der Waals surface area contributed by atoms with Crippen molar-refractivity contribution in [2.45, 2.75) is 31.9 Å². The molecule has 7 heteroatoms. The van der Waals surface area contributed by atoms with Gasteiger partial charge in [0.1, 0.15) is 0 Å². The van der Waals surface area contributed by atoms with E-state index in [1.165, 1.54) is 12.3 Å². The Hall–Kier alpha value is -1.05. The molecule has 4 nitrogen and oxygen atoms in total. The molecule has 2 unspecified atom stereocenters. The third-order valence-corrected chi connectivity index (χ3v) is 3.48. The van der Waals surface area contributed by atoms with E-state index in [2.05, 4.69) is 11.8 Å². The molecular weight excluding hydrogens is 273 g/mol. The van der Waals surface area contributed by atoms with Crippen LogP contribution in [0.4, 0.5) is 13.2 Å². The van der Waals surface area contributed by atoms with Gasteiger partial charge in [-0.15, -0.1) is 0 Å². The van der Waals surface area contributed by atoms with Crippen molar-refractivity contribution in [1.29, 1.82) is 0 Å². The summed E-state index contributed by atoms with van der Waals surface area (Å²) in [4.78, 5) is 2.24. The standard InChI is InChI=1S/C13H19F3N2O2/c1-2-17-5-6-20-11(8-17)9-18-4-3-10(7-18)12(19)13(14,15)16/h3-4,7,11-12,19H,2,5-6,8-9H2,1H3. The summed E-state index contributed by atoms with van der Waals surface area (Å²) in [5, 5.41) is 9.18. The van der Waals surface area contributed by atoms with Gasteiger partial charge < -0.3 is 14.4 Å². The van der Waals surface area contributed by atoms with Crippen molar-refractivity contribution in [3.8, 4) is 0 Å². The monoisotopic (exact) mass is 292 g/mol. The molecule has 0 saturated carbocycles. The predicted molar refractivity (Wildman–Crippen MR) is 67.3 cm³/mol. The van der Waals surface area contributed by atoms with Crippen molar-refractivity contribution < 1.29 is 23.0 Å². The minimum Gasteiger partial charge on any atom is -0.379 e. The number of likely N-dealkylation sites (N-methyl/N-ethyl adjacent to an activating group) is 1. The number of alkyl halides is 3. The van der Waals surface area contributed by atoms with Crippen LogP contribution in [0.3, 0.4) is 0 Å². The van der Waals surface area contributed by atoms with Gasteiger partial charge in [0.25, 0.3) is 0 Å². The van der Waals surface area contributed by atoms with E-state index in [0.29, 0.717) is 13.2 Å². The molecule has 1 N–H and O–H groups in total. The van der Waals surface area contributed by atoms with Gasteiger partial charge in [0.05, 0.1) is 12.7 Å². The summed E-state index contributed by atoms with van der Waals surface area (Å²) >= 11 is 0. The Bertz CT molecular complexity index is 433. The minimum atomic E-state index is -4.63. The lowest BCUT2D eigenvalue weighted by Gasteiger charge is -2.32. The molecule has 114 valence electrons. The lowest BCUT2D eigenvalue weighted by molar-refractivity contribution is -0.206. The third-order valence-electron chi connectivity index (χ3n) is 3.48. The Kier molecular flexibility index (Phi) is 4.72. The number of rotatable bonds is 4. The first kappa shape index (κ1) is 15.3. The molecule has 0 aliphatic carbocycles. The summed E-state index contributed by atoms with van der Waals surface area (Å²) in [6.45, 7) is 5.78. The molecule has 0 radical (unpaired) electrons. The van der Waals surface area contributed by atoms with Gasteiger partial charge in [-0.2, -0.15) is 13.2 Å². The Labute approximate surface area is 115 Å². The van der Waals surface area contributed by atoms with E-state index in [4.69, 9.17) is 4.74 Å². The maximum Gasteiger partial charge on any atom is 0.418 e. The van der Waals surface area contributed by atoms with E-state index < -0.39 is 12.3 Å². The number of nitrogens with zero attached hydrogens (tertiary/aromatic N) is 2. The molecule has 0 aromatic carbocycles. The average Bonchev–Trinajstić information content (AvgIpc) is 2.85. The lowest BCUT2D eigenvalue weighted by atomic mass is 10.2. The van der Waals surface area contributed by atoms with E-state index in [-0.39, 0.29) is 11.7 Å². The molecule has 1 aromatic rings. The number of ether oxygens (including phenoxy) is 1. The van der Waals surface area contributed by atoms with Gasteiger partial charge in [0.15, 0.2) is 6.10 Å². The Morgan fingerprint density at radius 3 is 2.90 bits per heavy atom. The van der Waals surface area contributed by atoms with Gasteiger partial charge in [0, 0.05) is 37.6 Å². The van der Waals surface area contributed by atoms with Crippen molar-refractivity contribution >= 4 is 0 Å². The summed E-state index contributed by atoms with van der Waals surface area (Å²) in [5.74, 6) is 0. The molecule has 0 spiro atoms. The van der Waals surface area contributed by atoms with Crippen molar-refractivity contribution in [3.05, 3.63) is 24.0 Å². The quantitative estimate of drug-likeness (QED) is 0.919. The van der Waals surface area contributed by atoms with Crippen LogP contribution in [0.1, 0.15) is 18.6 Å². The molecular formula is C13H19F3N2O2. The van der Waals surface area contributed by atoms with Crippen LogP contribution in [0, 0.1) is 0 Å². The number of aromatic nitrogens is 1. The van der Waals surface area contributed by atoms with E-state index in [1.54, 1.807) is 10.8 Å². The minimum absolute atomic E-state index is 0.0352. The zero-order valence-electron chi connectivity index (χ0n) is 11.3. The largest absolute Gasteiger partial charge is 0.418 e. The number of aliphatic hydroxyl groups excluding tert-OH is 1. The average molecular weight is 292 g/mol. The van der Waals surface area contributed by atoms with Crippen LogP contribution in [0.25, 0.3) is 0 Å². The summed E-state index contributed by atoms with van der Waals surface area (Å²) in [5.41, 5.74) is -0.138. The van der Waals surface area contributed by atoms with Crippen molar-refractivity contribution in [1.82, 2.24) is 9.47 Å². The maximum absolute atomic E-state index is 12.4. The summed E-state index contributed by atoms with van der Waals surface area (Å²) in [7, 11) is 0. The first-order valence-corrected chi connectivity index (χ1v) is 6.64. The van der Waals surface area contributed by atoms with Crippen molar-refractivity contribution in [3.63, 3.8) is 0 Å². The van der Waals surface area contributed by atoms with Crippen LogP contribution in [-0.4, -0.2) is 53.1 Å². The van der Waals surface area contributed by atoms with Gasteiger partial charge in [-0.1, -0.05) is 6.92 Å². The fourth-order valence-electron chi connectivity index (χ4n) is 2.34. The Morgan fingerprint density at radius 2 is 2.25 bits per heavy atom. The number of aliphatic hydroxyl groups is 1. The second-order valence-corrected chi connectivity index (χ2v) is 4.97. The number of morpholine rings is 1. The van der Waals surface area contributed by atoms with E-state index in [9.17, 15) is 18.3 Å². The van der Waals surface area contributed by atoms with Crippen LogP contribution in [0.2, 0.25) is 0 Å². The topological polar surface area (TPSA) is 37.6 Å². The molecule has 0 bridgehead atoms. The second-order valence-electron chi connectivity index (χ2n) is 4.97. The Morgan fingerprint density at radius 1 is 1.50 bits per heavy atom. The van der Waals surface area contributed by atoms with Gasteiger partial charge in [-0.3, -0.25) is 4.90 Å². The molecule has 2 atom stereocenters. The molecule has 1 aliphatic heterocycles. The van der Waals surface area contributed by atoms with Crippen LogP contribution >= 0.6 is 0 Å². The van der Waals surface area contributed by atoms with Crippen LogP contribution in [0.15, 0.2) is 18.5 Å². The summed E-state index contributed by atoms with van der Waals surface area (Å²) in [6, 6.07) is 1.29. The molecule has 1 saturated heterocycles. The normalized spacial score (nSPS) is 22.9. The summed E-state index contributed by atoms with van der Waals surface area (Å²) < 4.78 is 44.5. The number of hydrogen-bond donors (Lipinski definition) is 1. The smallest absolute Gasteiger partial charge is 0.379 e. The predicted octanol–water partition coefficient (Wildman–Crippen LogP) is 1.80. The fourth-order valence-corrected chi connectivity index (χ4v) is 2.34. The zero-order valence-corrected chi connectivity index (χ0v) is 11.3. The molecule has 20 heavy (non-hydrogen) atoms. The lowest BCUT2D eigenvalue weighted by Crippen LogP contribution is -2.43. The SMILES string of the molecule is CCN1CCOC(Cn2ccc(C(O)C(F)(F)F)c2)C1. The van der Waals surface area contributed by atoms with E-state index >= 15 is 0 Å². The highest BCUT2D eigenvalue weighted by Crippen LogP contribution is 2.32. The highest BCUT2D eigenvalue weighted by Gasteiger charge is 2.39. The molecule has 1 aromatic heterocycles. The molecule has 0 amide bonds. The second kappa shape index (κ2) is 6.15. The molecule has 1 aliphatic rings. The van der Waals surface area contributed by atoms with Gasteiger partial charge in [0.2, 0.25) is 0 Å². The zero-order chi connectivity index (χ0) is 14.8. The van der Waals surface area contributed by atoms with Crippen LogP contribution in [0.5, 0.6) is 0 Å². The highest BCUT2D eigenvalue weighted by molar-refractivity contribution is 5.15. The van der Waals surface area contributed by atoms with Crippen LogP contribution < -0.4 is 0 Å².